The Morgan fingerprint density at radius 2 is 1.68 bits per heavy atom. The second-order valence-electron chi connectivity index (χ2n) is 6.96. The van der Waals surface area contributed by atoms with Crippen LogP contribution in [0.2, 0.25) is 0 Å². The summed E-state index contributed by atoms with van der Waals surface area (Å²) in [6.45, 7) is 3.09. The number of amides is 1. The second kappa shape index (κ2) is 8.71. The van der Waals surface area contributed by atoms with E-state index in [0.29, 0.717) is 17.1 Å². The minimum Gasteiger partial charge on any atom is -0.322 e. The third-order valence-corrected chi connectivity index (χ3v) is 4.92. The Morgan fingerprint density at radius 1 is 0.929 bits per heavy atom. The van der Waals surface area contributed by atoms with Gasteiger partial charge in [-0.25, -0.2) is 9.97 Å². The van der Waals surface area contributed by atoms with Gasteiger partial charge >= 0.3 is 0 Å². The lowest BCUT2D eigenvalue weighted by Crippen LogP contribution is -2.29. The molecule has 142 valence electrons. The van der Waals surface area contributed by atoms with Crippen LogP contribution in [-0.4, -0.2) is 38.8 Å². The van der Waals surface area contributed by atoms with Crippen molar-refractivity contribution >= 4 is 11.6 Å². The van der Waals surface area contributed by atoms with Crippen molar-refractivity contribution in [3.05, 3.63) is 72.2 Å². The number of likely N-dealkylation sites (tertiary alicyclic amines) is 1. The van der Waals surface area contributed by atoms with Gasteiger partial charge in [0.2, 0.25) is 0 Å². The van der Waals surface area contributed by atoms with Gasteiger partial charge in [0.15, 0.2) is 5.82 Å². The van der Waals surface area contributed by atoms with Crippen LogP contribution in [0.15, 0.2) is 61.1 Å². The molecule has 0 saturated carbocycles. The molecule has 28 heavy (non-hydrogen) atoms. The van der Waals surface area contributed by atoms with Crippen LogP contribution in [0.3, 0.4) is 0 Å². The largest absolute Gasteiger partial charge is 0.322 e. The molecule has 4 rings (SSSR count). The van der Waals surface area contributed by atoms with Gasteiger partial charge in [-0.1, -0.05) is 30.7 Å². The van der Waals surface area contributed by atoms with Gasteiger partial charge in [0.05, 0.1) is 5.56 Å². The Morgan fingerprint density at radius 3 is 2.43 bits per heavy atom. The summed E-state index contributed by atoms with van der Waals surface area (Å²) in [6.07, 6.45) is 8.57. The number of aromatic nitrogens is 3. The van der Waals surface area contributed by atoms with Crippen molar-refractivity contribution in [3.8, 4) is 11.5 Å². The summed E-state index contributed by atoms with van der Waals surface area (Å²) in [6, 6.07) is 13.5. The van der Waals surface area contributed by atoms with Crippen LogP contribution in [0.25, 0.3) is 11.5 Å². The summed E-state index contributed by atoms with van der Waals surface area (Å²) in [5, 5.41) is 3.01. The summed E-state index contributed by atoms with van der Waals surface area (Å²) < 4.78 is 0. The number of hydrogen-bond acceptors (Lipinski definition) is 5. The van der Waals surface area contributed by atoms with Crippen LogP contribution >= 0.6 is 0 Å². The molecule has 1 aliphatic rings. The fourth-order valence-corrected chi connectivity index (χ4v) is 3.41. The predicted molar refractivity (Wildman–Crippen MR) is 109 cm³/mol. The molecule has 1 N–H and O–H groups in total. The van der Waals surface area contributed by atoms with E-state index in [1.165, 1.54) is 19.3 Å². The number of anilines is 1. The first-order chi connectivity index (χ1) is 13.8. The number of rotatable bonds is 5. The SMILES string of the molecule is O=C(Nc1ccccc1CN1CCCCC1)c1cnc(-c2ccccn2)nc1. The third-order valence-electron chi connectivity index (χ3n) is 4.92. The smallest absolute Gasteiger partial charge is 0.258 e. The summed E-state index contributed by atoms with van der Waals surface area (Å²) in [5.74, 6) is 0.293. The van der Waals surface area contributed by atoms with Crippen LogP contribution in [0.4, 0.5) is 5.69 Å². The maximum Gasteiger partial charge on any atom is 0.258 e. The fourth-order valence-electron chi connectivity index (χ4n) is 3.41. The summed E-state index contributed by atoms with van der Waals surface area (Å²) in [5.41, 5.74) is 3.07. The molecule has 6 nitrogen and oxygen atoms in total. The van der Waals surface area contributed by atoms with E-state index in [0.717, 1.165) is 30.9 Å². The van der Waals surface area contributed by atoms with Gasteiger partial charge in [-0.2, -0.15) is 0 Å². The Labute approximate surface area is 164 Å². The zero-order valence-corrected chi connectivity index (χ0v) is 15.7. The standard InChI is InChI=1S/C22H23N5O/c28-22(18-14-24-21(25-15-18)20-10-4-5-11-23-20)26-19-9-3-2-8-17(19)16-27-12-6-1-7-13-27/h2-5,8-11,14-15H,1,6-7,12-13,16H2,(H,26,28). The highest BCUT2D eigenvalue weighted by atomic mass is 16.1. The highest BCUT2D eigenvalue weighted by Crippen LogP contribution is 2.20. The Kier molecular flexibility index (Phi) is 5.68. The van der Waals surface area contributed by atoms with Crippen LogP contribution < -0.4 is 5.32 Å². The zero-order valence-electron chi connectivity index (χ0n) is 15.7. The molecule has 3 heterocycles. The van der Waals surface area contributed by atoms with Gasteiger partial charge < -0.3 is 5.32 Å². The molecule has 2 aromatic heterocycles. The van der Waals surface area contributed by atoms with Crippen LogP contribution in [-0.2, 0) is 6.54 Å². The van der Waals surface area contributed by atoms with Crippen molar-refractivity contribution < 1.29 is 4.79 Å². The van der Waals surface area contributed by atoms with Gasteiger partial charge in [0, 0.05) is 30.8 Å². The lowest BCUT2D eigenvalue weighted by molar-refractivity contribution is 0.102. The van der Waals surface area contributed by atoms with Gasteiger partial charge in [-0.3, -0.25) is 14.7 Å². The van der Waals surface area contributed by atoms with Crippen LogP contribution in [0.5, 0.6) is 0 Å². The van der Waals surface area contributed by atoms with Crippen molar-refractivity contribution in [2.24, 2.45) is 0 Å². The Hall–Kier alpha value is -3.12. The van der Waals surface area contributed by atoms with Crippen molar-refractivity contribution in [2.75, 3.05) is 18.4 Å². The van der Waals surface area contributed by atoms with E-state index < -0.39 is 0 Å². The summed E-state index contributed by atoms with van der Waals surface area (Å²) in [7, 11) is 0. The number of hydrogen-bond donors (Lipinski definition) is 1. The van der Waals surface area contributed by atoms with E-state index in [1.807, 2.05) is 36.4 Å². The van der Waals surface area contributed by atoms with E-state index >= 15 is 0 Å². The third kappa shape index (κ3) is 4.40. The van der Waals surface area contributed by atoms with Gasteiger partial charge in [-0.15, -0.1) is 0 Å². The molecule has 1 saturated heterocycles. The highest BCUT2D eigenvalue weighted by molar-refractivity contribution is 6.04. The Bertz CT molecular complexity index is 921. The molecular formula is C22H23N5O. The number of nitrogens with one attached hydrogen (secondary N) is 1. The highest BCUT2D eigenvalue weighted by Gasteiger charge is 2.15. The maximum absolute atomic E-state index is 12.7. The normalized spacial score (nSPS) is 14.6. The average molecular weight is 373 g/mol. The summed E-state index contributed by atoms with van der Waals surface area (Å²) >= 11 is 0. The summed E-state index contributed by atoms with van der Waals surface area (Å²) in [4.78, 5) is 27.9. The predicted octanol–water partition coefficient (Wildman–Crippen LogP) is 3.78. The minimum absolute atomic E-state index is 0.210. The molecule has 1 aromatic carbocycles. The lowest BCUT2D eigenvalue weighted by Gasteiger charge is -2.27. The molecule has 0 spiro atoms. The molecule has 1 amide bonds. The van der Waals surface area contributed by atoms with Crippen molar-refractivity contribution in [1.82, 2.24) is 19.9 Å². The Balaban J connectivity index is 1.46. The minimum atomic E-state index is -0.210. The molecule has 0 aliphatic carbocycles. The fraction of sp³-hybridized carbons (Fsp3) is 0.273. The first-order valence-corrected chi connectivity index (χ1v) is 9.65. The zero-order chi connectivity index (χ0) is 19.2. The van der Waals surface area contributed by atoms with E-state index in [2.05, 4.69) is 31.2 Å². The number of carbonyl (C=O) groups excluding carboxylic acids is 1. The van der Waals surface area contributed by atoms with Crippen molar-refractivity contribution in [2.45, 2.75) is 25.8 Å². The van der Waals surface area contributed by atoms with Crippen LogP contribution in [0.1, 0.15) is 35.2 Å². The molecule has 0 unspecified atom stereocenters. The average Bonchev–Trinajstić information content (AvgIpc) is 2.76. The first kappa shape index (κ1) is 18.3. The molecule has 0 atom stereocenters. The molecule has 0 radical (unpaired) electrons. The lowest BCUT2D eigenvalue weighted by atomic mass is 10.1. The van der Waals surface area contributed by atoms with E-state index in [1.54, 1.807) is 18.6 Å². The molecular weight excluding hydrogens is 350 g/mol. The van der Waals surface area contributed by atoms with E-state index in [-0.39, 0.29) is 5.91 Å². The topological polar surface area (TPSA) is 71.0 Å². The molecule has 6 heteroatoms. The van der Waals surface area contributed by atoms with E-state index in [9.17, 15) is 4.79 Å². The number of para-hydroxylation sites is 1. The molecule has 0 bridgehead atoms. The quantitative estimate of drug-likeness (QED) is 0.737. The van der Waals surface area contributed by atoms with E-state index in [4.69, 9.17) is 0 Å². The van der Waals surface area contributed by atoms with Gasteiger partial charge in [-0.05, 0) is 49.7 Å². The number of carbonyl (C=O) groups is 1. The number of benzene rings is 1. The number of piperidine rings is 1. The van der Waals surface area contributed by atoms with Crippen molar-refractivity contribution in [3.63, 3.8) is 0 Å². The number of nitrogens with zero attached hydrogens (tertiary/aromatic N) is 4. The molecule has 1 aliphatic heterocycles. The first-order valence-electron chi connectivity index (χ1n) is 9.65. The van der Waals surface area contributed by atoms with Crippen LogP contribution in [0, 0.1) is 0 Å². The van der Waals surface area contributed by atoms with Gasteiger partial charge in [0.1, 0.15) is 5.69 Å². The van der Waals surface area contributed by atoms with Crippen molar-refractivity contribution in [1.29, 1.82) is 0 Å². The monoisotopic (exact) mass is 373 g/mol. The molecule has 3 aromatic rings. The molecule has 1 fully saturated rings. The van der Waals surface area contributed by atoms with Gasteiger partial charge in [0.25, 0.3) is 5.91 Å². The number of pyridine rings is 1. The second-order valence-corrected chi connectivity index (χ2v) is 6.96. The maximum atomic E-state index is 12.7.